The van der Waals surface area contributed by atoms with Gasteiger partial charge < -0.3 is 9.73 Å². The van der Waals surface area contributed by atoms with Gasteiger partial charge in [0.15, 0.2) is 0 Å². The summed E-state index contributed by atoms with van der Waals surface area (Å²) in [5, 5.41) is 2.52. The van der Waals surface area contributed by atoms with E-state index in [4.69, 9.17) is 4.42 Å². The molecule has 0 aliphatic heterocycles. The van der Waals surface area contributed by atoms with Gasteiger partial charge in [0, 0.05) is 6.20 Å². The van der Waals surface area contributed by atoms with Gasteiger partial charge in [0.25, 0.3) is 5.91 Å². The molecule has 0 atom stereocenters. The van der Waals surface area contributed by atoms with Gasteiger partial charge in [-0.25, -0.2) is 9.97 Å². The van der Waals surface area contributed by atoms with Crippen LogP contribution in [0.25, 0.3) is 0 Å². The number of aromatic nitrogens is 2. The van der Waals surface area contributed by atoms with Crippen LogP contribution in [0.1, 0.15) is 27.7 Å². The number of oxazole rings is 1. The molecule has 0 aromatic carbocycles. The first-order chi connectivity index (χ1) is 8.58. The molecule has 0 saturated heterocycles. The highest BCUT2D eigenvalue weighted by Gasteiger charge is 2.13. The molecule has 94 valence electrons. The number of hydrogen-bond acceptors (Lipinski definition) is 4. The van der Waals surface area contributed by atoms with Crippen LogP contribution in [0.5, 0.6) is 0 Å². The third-order valence-electron chi connectivity index (χ3n) is 2.48. The van der Waals surface area contributed by atoms with Gasteiger partial charge in [0.2, 0.25) is 11.8 Å². The number of carbonyl (C=O) groups excluding carboxylic acids is 1. The monoisotopic (exact) mass is 249 g/mol. The molecular formula is C12H12FN3O2. The van der Waals surface area contributed by atoms with E-state index in [2.05, 4.69) is 15.3 Å². The summed E-state index contributed by atoms with van der Waals surface area (Å²) < 4.78 is 18.5. The standard InChI is InChI=1S/C12H12FN3O2/c1-7-8(2)18-10(16-7)6-15-12(17)9-4-3-5-14-11(9)13/h3-5H,6H2,1-2H3,(H,15,17). The summed E-state index contributed by atoms with van der Waals surface area (Å²) in [4.78, 5) is 19.2. The molecule has 0 bridgehead atoms. The van der Waals surface area contributed by atoms with E-state index in [0.717, 1.165) is 5.69 Å². The molecule has 0 saturated carbocycles. The SMILES string of the molecule is Cc1nc(CNC(=O)c2cccnc2F)oc1C. The van der Waals surface area contributed by atoms with Crippen molar-refractivity contribution in [3.63, 3.8) is 0 Å². The lowest BCUT2D eigenvalue weighted by Crippen LogP contribution is -2.24. The number of aryl methyl sites for hydroxylation is 2. The van der Waals surface area contributed by atoms with Crippen LogP contribution >= 0.6 is 0 Å². The molecule has 2 rings (SSSR count). The predicted octanol–water partition coefficient (Wildman–Crippen LogP) is 1.76. The maximum absolute atomic E-state index is 13.2. The average molecular weight is 249 g/mol. The molecule has 1 N–H and O–H groups in total. The first-order valence-electron chi connectivity index (χ1n) is 5.39. The second-order valence-electron chi connectivity index (χ2n) is 3.77. The lowest BCUT2D eigenvalue weighted by atomic mass is 10.2. The maximum atomic E-state index is 13.2. The minimum atomic E-state index is -0.797. The fraction of sp³-hybridized carbons (Fsp3) is 0.250. The Kier molecular flexibility index (Phi) is 3.36. The number of halogens is 1. The van der Waals surface area contributed by atoms with Crippen molar-refractivity contribution in [2.45, 2.75) is 20.4 Å². The molecule has 0 aliphatic rings. The van der Waals surface area contributed by atoms with Crippen LogP contribution in [0, 0.1) is 19.8 Å². The fourth-order valence-corrected chi connectivity index (χ4v) is 1.42. The zero-order chi connectivity index (χ0) is 13.1. The van der Waals surface area contributed by atoms with Gasteiger partial charge in [-0.3, -0.25) is 4.79 Å². The molecule has 18 heavy (non-hydrogen) atoms. The molecule has 0 radical (unpaired) electrons. The molecular weight excluding hydrogens is 237 g/mol. The summed E-state index contributed by atoms with van der Waals surface area (Å²) in [6, 6.07) is 2.86. The van der Waals surface area contributed by atoms with Gasteiger partial charge in [0.1, 0.15) is 5.76 Å². The Morgan fingerprint density at radius 2 is 2.28 bits per heavy atom. The lowest BCUT2D eigenvalue weighted by molar-refractivity contribution is 0.0942. The summed E-state index contributed by atoms with van der Waals surface area (Å²) in [6.07, 6.45) is 1.28. The van der Waals surface area contributed by atoms with Gasteiger partial charge in [-0.15, -0.1) is 0 Å². The van der Waals surface area contributed by atoms with E-state index in [1.54, 1.807) is 6.92 Å². The van der Waals surface area contributed by atoms with Crippen LogP contribution < -0.4 is 5.32 Å². The third-order valence-corrected chi connectivity index (χ3v) is 2.48. The summed E-state index contributed by atoms with van der Waals surface area (Å²) in [5.74, 6) is -0.252. The number of nitrogens with zero attached hydrogens (tertiary/aromatic N) is 2. The highest BCUT2D eigenvalue weighted by atomic mass is 19.1. The first-order valence-corrected chi connectivity index (χ1v) is 5.39. The van der Waals surface area contributed by atoms with E-state index in [1.165, 1.54) is 18.3 Å². The Morgan fingerprint density at radius 3 is 2.89 bits per heavy atom. The van der Waals surface area contributed by atoms with E-state index in [1.807, 2.05) is 6.92 Å². The molecule has 0 spiro atoms. The summed E-state index contributed by atoms with van der Waals surface area (Å²) in [7, 11) is 0. The van der Waals surface area contributed by atoms with Crippen molar-refractivity contribution >= 4 is 5.91 Å². The van der Waals surface area contributed by atoms with Crippen LogP contribution in [0.4, 0.5) is 4.39 Å². The van der Waals surface area contributed by atoms with Crippen LogP contribution in [0.2, 0.25) is 0 Å². The normalized spacial score (nSPS) is 10.4. The van der Waals surface area contributed by atoms with Crippen molar-refractivity contribution in [3.8, 4) is 0 Å². The highest BCUT2D eigenvalue weighted by Crippen LogP contribution is 2.08. The third kappa shape index (κ3) is 2.53. The Balaban J connectivity index is 2.03. The number of hydrogen-bond donors (Lipinski definition) is 1. The quantitative estimate of drug-likeness (QED) is 0.841. The van der Waals surface area contributed by atoms with Crippen molar-refractivity contribution < 1.29 is 13.6 Å². The van der Waals surface area contributed by atoms with Gasteiger partial charge in [0.05, 0.1) is 17.8 Å². The molecule has 2 heterocycles. The minimum absolute atomic E-state index is 0.0995. The number of nitrogens with one attached hydrogen (secondary N) is 1. The van der Waals surface area contributed by atoms with Crippen molar-refractivity contribution in [3.05, 3.63) is 47.2 Å². The summed E-state index contributed by atoms with van der Waals surface area (Å²) in [6.45, 7) is 3.71. The second kappa shape index (κ2) is 4.95. The molecule has 6 heteroatoms. The topological polar surface area (TPSA) is 68.0 Å². The zero-order valence-corrected chi connectivity index (χ0v) is 10.0. The molecule has 0 unspecified atom stereocenters. The first kappa shape index (κ1) is 12.2. The Bertz CT molecular complexity index is 561. The Morgan fingerprint density at radius 1 is 1.50 bits per heavy atom. The fourth-order valence-electron chi connectivity index (χ4n) is 1.42. The van der Waals surface area contributed by atoms with Crippen molar-refractivity contribution in [2.75, 3.05) is 0 Å². The number of pyridine rings is 1. The van der Waals surface area contributed by atoms with Gasteiger partial charge >= 0.3 is 0 Å². The average Bonchev–Trinajstić information content (AvgIpc) is 2.66. The predicted molar refractivity (Wildman–Crippen MR) is 61.3 cm³/mol. The molecule has 0 fully saturated rings. The lowest BCUT2D eigenvalue weighted by Gasteiger charge is -2.02. The minimum Gasteiger partial charge on any atom is -0.444 e. The van der Waals surface area contributed by atoms with E-state index in [9.17, 15) is 9.18 Å². The van der Waals surface area contributed by atoms with E-state index >= 15 is 0 Å². The maximum Gasteiger partial charge on any atom is 0.256 e. The summed E-state index contributed by atoms with van der Waals surface area (Å²) >= 11 is 0. The van der Waals surface area contributed by atoms with Crippen molar-refractivity contribution in [1.82, 2.24) is 15.3 Å². The van der Waals surface area contributed by atoms with Crippen LogP contribution in [-0.2, 0) is 6.54 Å². The molecule has 2 aromatic heterocycles. The summed E-state index contributed by atoms with van der Waals surface area (Å²) in [5.41, 5.74) is 0.671. The molecule has 0 aliphatic carbocycles. The van der Waals surface area contributed by atoms with Gasteiger partial charge in [-0.05, 0) is 26.0 Å². The van der Waals surface area contributed by atoms with Gasteiger partial charge in [-0.1, -0.05) is 0 Å². The zero-order valence-electron chi connectivity index (χ0n) is 10.0. The number of carbonyl (C=O) groups is 1. The molecule has 1 amide bonds. The van der Waals surface area contributed by atoms with E-state index < -0.39 is 11.9 Å². The largest absolute Gasteiger partial charge is 0.444 e. The van der Waals surface area contributed by atoms with Crippen molar-refractivity contribution in [2.24, 2.45) is 0 Å². The van der Waals surface area contributed by atoms with Crippen LogP contribution in [-0.4, -0.2) is 15.9 Å². The highest BCUT2D eigenvalue weighted by molar-refractivity contribution is 5.93. The van der Waals surface area contributed by atoms with Crippen LogP contribution in [0.3, 0.4) is 0 Å². The van der Waals surface area contributed by atoms with E-state index in [0.29, 0.717) is 11.7 Å². The Labute approximate surface area is 103 Å². The van der Waals surface area contributed by atoms with Crippen LogP contribution in [0.15, 0.2) is 22.7 Å². The molecule has 2 aromatic rings. The second-order valence-corrected chi connectivity index (χ2v) is 3.77. The molecule has 5 nitrogen and oxygen atoms in total. The number of amides is 1. The smallest absolute Gasteiger partial charge is 0.256 e. The number of rotatable bonds is 3. The Hall–Kier alpha value is -2.24. The van der Waals surface area contributed by atoms with Crippen molar-refractivity contribution in [1.29, 1.82) is 0 Å². The van der Waals surface area contributed by atoms with Gasteiger partial charge in [-0.2, -0.15) is 4.39 Å². The van der Waals surface area contributed by atoms with E-state index in [-0.39, 0.29) is 12.1 Å².